The van der Waals surface area contributed by atoms with Gasteiger partial charge in [0.25, 0.3) is 17.5 Å². The van der Waals surface area contributed by atoms with Crippen LogP contribution in [0.2, 0.25) is 5.02 Å². The van der Waals surface area contributed by atoms with Crippen LogP contribution in [0.15, 0.2) is 47.6 Å². The van der Waals surface area contributed by atoms with E-state index in [0.29, 0.717) is 5.56 Å². The molecule has 0 saturated heterocycles. The second kappa shape index (κ2) is 8.72. The summed E-state index contributed by atoms with van der Waals surface area (Å²) in [6.45, 7) is 1.63. The molecule has 0 saturated carbocycles. The van der Waals surface area contributed by atoms with Crippen LogP contribution < -0.4 is 10.7 Å². The molecule has 26 heavy (non-hydrogen) atoms. The highest BCUT2D eigenvalue weighted by Gasteiger charge is 2.09. The third-order valence-electron chi connectivity index (χ3n) is 3.31. The summed E-state index contributed by atoms with van der Waals surface area (Å²) in [4.78, 5) is 33.8. The van der Waals surface area contributed by atoms with Crippen molar-refractivity contribution in [3.8, 4) is 0 Å². The first kappa shape index (κ1) is 19.1. The molecule has 0 aromatic heterocycles. The molecule has 0 spiro atoms. The predicted molar refractivity (Wildman–Crippen MR) is 97.4 cm³/mol. The van der Waals surface area contributed by atoms with Crippen LogP contribution in [-0.4, -0.2) is 29.5 Å². The molecular formula is C17H15ClN4O4. The largest absolute Gasteiger partial charge is 0.343 e. The van der Waals surface area contributed by atoms with Crippen molar-refractivity contribution in [3.63, 3.8) is 0 Å². The van der Waals surface area contributed by atoms with Crippen LogP contribution in [0, 0.1) is 17.0 Å². The average molecular weight is 375 g/mol. The van der Waals surface area contributed by atoms with Crippen LogP contribution in [0.1, 0.15) is 21.5 Å². The zero-order valence-corrected chi connectivity index (χ0v) is 14.5. The number of hydrogen-bond donors (Lipinski definition) is 2. The van der Waals surface area contributed by atoms with Gasteiger partial charge >= 0.3 is 0 Å². The highest BCUT2D eigenvalue weighted by Crippen LogP contribution is 2.20. The Morgan fingerprint density at radius 1 is 1.23 bits per heavy atom. The van der Waals surface area contributed by atoms with Gasteiger partial charge in [-0.2, -0.15) is 5.10 Å². The topological polar surface area (TPSA) is 114 Å². The quantitative estimate of drug-likeness (QED) is 0.459. The fourth-order valence-corrected chi connectivity index (χ4v) is 2.09. The third kappa shape index (κ3) is 5.38. The third-order valence-corrected chi connectivity index (χ3v) is 3.65. The molecule has 2 amide bonds. The summed E-state index contributed by atoms with van der Waals surface area (Å²) in [5.74, 6) is -0.936. The zero-order chi connectivity index (χ0) is 19.1. The van der Waals surface area contributed by atoms with E-state index in [0.717, 1.165) is 5.56 Å². The molecule has 0 radical (unpaired) electrons. The summed E-state index contributed by atoms with van der Waals surface area (Å²) >= 11 is 5.91. The fourth-order valence-electron chi connectivity index (χ4n) is 1.92. The Bertz CT molecular complexity index is 866. The van der Waals surface area contributed by atoms with E-state index in [-0.39, 0.29) is 28.7 Å². The number of carbonyl (C=O) groups excluding carboxylic acids is 2. The van der Waals surface area contributed by atoms with Crippen molar-refractivity contribution >= 4 is 35.3 Å². The first-order valence-corrected chi connectivity index (χ1v) is 7.85. The summed E-state index contributed by atoms with van der Waals surface area (Å²) in [6, 6.07) is 10.8. The average Bonchev–Trinajstić information content (AvgIpc) is 2.61. The lowest BCUT2D eigenvalue weighted by Crippen LogP contribution is -2.34. The van der Waals surface area contributed by atoms with E-state index >= 15 is 0 Å². The van der Waals surface area contributed by atoms with E-state index in [2.05, 4.69) is 15.8 Å². The predicted octanol–water partition coefficient (Wildman–Crippen LogP) is 2.44. The molecule has 0 atom stereocenters. The normalized spacial score (nSPS) is 10.5. The molecule has 0 aliphatic carbocycles. The van der Waals surface area contributed by atoms with Gasteiger partial charge in [-0.3, -0.25) is 19.7 Å². The van der Waals surface area contributed by atoms with Crippen molar-refractivity contribution in [2.24, 2.45) is 5.10 Å². The maximum atomic E-state index is 11.9. The number of carbonyl (C=O) groups is 2. The van der Waals surface area contributed by atoms with Crippen molar-refractivity contribution < 1.29 is 14.5 Å². The zero-order valence-electron chi connectivity index (χ0n) is 13.7. The molecular weight excluding hydrogens is 360 g/mol. The summed E-state index contributed by atoms with van der Waals surface area (Å²) in [6.07, 6.45) is 1.19. The Morgan fingerprint density at radius 2 is 1.92 bits per heavy atom. The van der Waals surface area contributed by atoms with Crippen LogP contribution >= 0.6 is 11.6 Å². The van der Waals surface area contributed by atoms with Gasteiger partial charge < -0.3 is 5.32 Å². The van der Waals surface area contributed by atoms with Gasteiger partial charge in [0, 0.05) is 28.3 Å². The molecule has 2 aromatic rings. The van der Waals surface area contributed by atoms with E-state index in [4.69, 9.17) is 11.6 Å². The number of halogens is 1. The first-order chi connectivity index (χ1) is 12.4. The maximum absolute atomic E-state index is 11.9. The van der Waals surface area contributed by atoms with Gasteiger partial charge in [0.1, 0.15) is 0 Å². The minimum atomic E-state index is -0.563. The fraction of sp³-hybridized carbons (Fsp3) is 0.118. The van der Waals surface area contributed by atoms with Crippen LogP contribution in [0.25, 0.3) is 0 Å². The first-order valence-electron chi connectivity index (χ1n) is 7.47. The Labute approximate surface area is 154 Å². The molecule has 0 unspecified atom stereocenters. The number of benzene rings is 2. The smallest absolute Gasteiger partial charge is 0.270 e. The van der Waals surface area contributed by atoms with Crippen LogP contribution in [-0.2, 0) is 4.79 Å². The standard InChI is InChI=1S/C17H15ClN4O4/c1-11-2-4-12(5-3-11)17(24)19-10-16(23)21-20-9-13-8-14(22(25)26)6-7-15(13)18/h2-9H,10H2,1H3,(H,19,24)(H,21,23)/b20-9+. The van der Waals surface area contributed by atoms with Gasteiger partial charge in [-0.05, 0) is 25.1 Å². The molecule has 8 nitrogen and oxygen atoms in total. The van der Waals surface area contributed by atoms with E-state index in [1.54, 1.807) is 24.3 Å². The Balaban J connectivity index is 1.87. The lowest BCUT2D eigenvalue weighted by molar-refractivity contribution is -0.384. The molecule has 0 fully saturated rings. The molecule has 134 valence electrons. The number of aryl methyl sites for hydroxylation is 1. The minimum absolute atomic E-state index is 0.146. The highest BCUT2D eigenvalue weighted by atomic mass is 35.5. The number of non-ortho nitro benzene ring substituents is 1. The van der Waals surface area contributed by atoms with Crippen molar-refractivity contribution in [1.29, 1.82) is 0 Å². The number of rotatable bonds is 6. The van der Waals surface area contributed by atoms with E-state index in [1.807, 2.05) is 6.92 Å². The molecule has 9 heteroatoms. The molecule has 0 aliphatic heterocycles. The van der Waals surface area contributed by atoms with Crippen LogP contribution in [0.3, 0.4) is 0 Å². The molecule has 2 rings (SSSR count). The summed E-state index contributed by atoms with van der Waals surface area (Å²) in [7, 11) is 0. The van der Waals surface area contributed by atoms with E-state index < -0.39 is 10.8 Å². The minimum Gasteiger partial charge on any atom is -0.343 e. The lowest BCUT2D eigenvalue weighted by Gasteiger charge is -2.04. The molecule has 0 aliphatic rings. The van der Waals surface area contributed by atoms with E-state index in [1.165, 1.54) is 24.4 Å². The van der Waals surface area contributed by atoms with Gasteiger partial charge in [0.15, 0.2) is 0 Å². The van der Waals surface area contributed by atoms with Crippen molar-refractivity contribution in [2.75, 3.05) is 6.54 Å². The second-order valence-electron chi connectivity index (χ2n) is 5.30. The number of amides is 2. The Morgan fingerprint density at radius 3 is 2.58 bits per heavy atom. The highest BCUT2D eigenvalue weighted by molar-refractivity contribution is 6.33. The van der Waals surface area contributed by atoms with Crippen molar-refractivity contribution in [1.82, 2.24) is 10.7 Å². The van der Waals surface area contributed by atoms with Crippen LogP contribution in [0.4, 0.5) is 5.69 Å². The number of nitro benzene ring substituents is 1. The van der Waals surface area contributed by atoms with Gasteiger partial charge in [-0.25, -0.2) is 5.43 Å². The summed E-state index contributed by atoms with van der Waals surface area (Å²) in [5, 5.41) is 17.1. The van der Waals surface area contributed by atoms with Gasteiger partial charge in [-0.15, -0.1) is 0 Å². The monoisotopic (exact) mass is 374 g/mol. The van der Waals surface area contributed by atoms with Gasteiger partial charge in [0.2, 0.25) is 0 Å². The van der Waals surface area contributed by atoms with Crippen LogP contribution in [0.5, 0.6) is 0 Å². The maximum Gasteiger partial charge on any atom is 0.270 e. The second-order valence-corrected chi connectivity index (χ2v) is 5.71. The summed E-state index contributed by atoms with van der Waals surface area (Å²) < 4.78 is 0. The number of hydrogen-bond acceptors (Lipinski definition) is 5. The van der Waals surface area contributed by atoms with E-state index in [9.17, 15) is 19.7 Å². The lowest BCUT2D eigenvalue weighted by atomic mass is 10.1. The van der Waals surface area contributed by atoms with Gasteiger partial charge in [-0.1, -0.05) is 29.3 Å². The number of hydrazone groups is 1. The Hall–Kier alpha value is -3.26. The number of nitrogens with one attached hydrogen (secondary N) is 2. The molecule has 2 aromatic carbocycles. The SMILES string of the molecule is Cc1ccc(C(=O)NCC(=O)N/N=C/c2cc([N+](=O)[O-])ccc2Cl)cc1. The number of nitrogens with zero attached hydrogens (tertiary/aromatic N) is 2. The van der Waals surface area contributed by atoms with Gasteiger partial charge in [0.05, 0.1) is 17.7 Å². The summed E-state index contributed by atoms with van der Waals surface area (Å²) in [5.41, 5.74) is 3.81. The molecule has 0 bridgehead atoms. The number of nitro groups is 1. The van der Waals surface area contributed by atoms with Crippen molar-refractivity contribution in [3.05, 3.63) is 74.3 Å². The van der Waals surface area contributed by atoms with Crippen molar-refractivity contribution in [2.45, 2.75) is 6.92 Å². The molecule has 0 heterocycles. The Kier molecular flexibility index (Phi) is 6.40. The molecule has 2 N–H and O–H groups in total.